The third-order valence-electron chi connectivity index (χ3n) is 6.20. The number of rotatable bonds is 6. The average Bonchev–Trinajstić information content (AvgIpc) is 2.67. The Balaban J connectivity index is 1.50. The molecule has 2 aliphatic rings. The van der Waals surface area contributed by atoms with Crippen LogP contribution in [0.15, 0.2) is 35.4 Å². The van der Waals surface area contributed by atoms with E-state index < -0.39 is 0 Å². The minimum absolute atomic E-state index is 0.0379. The van der Waals surface area contributed by atoms with Gasteiger partial charge in [0.2, 0.25) is 5.56 Å². The van der Waals surface area contributed by atoms with Crippen LogP contribution in [0.3, 0.4) is 0 Å². The molecule has 1 saturated heterocycles. The van der Waals surface area contributed by atoms with E-state index >= 15 is 0 Å². The number of hydrogen-bond donors (Lipinski definition) is 1. The highest BCUT2D eigenvalue weighted by Crippen LogP contribution is 2.35. The molecule has 1 aromatic heterocycles. The van der Waals surface area contributed by atoms with Gasteiger partial charge in [-0.15, -0.1) is 0 Å². The van der Waals surface area contributed by atoms with Gasteiger partial charge in [0.15, 0.2) is 0 Å². The molecule has 138 valence electrons. The maximum Gasteiger partial charge on any atom is 0.248 e. The van der Waals surface area contributed by atoms with Crippen molar-refractivity contribution in [1.82, 2.24) is 9.88 Å². The number of hydrogen-bond acceptors (Lipinski definition) is 3. The molecule has 0 amide bonds. The lowest BCUT2D eigenvalue weighted by atomic mass is 9.77. The lowest BCUT2D eigenvalue weighted by Gasteiger charge is -2.39. The van der Waals surface area contributed by atoms with Crippen molar-refractivity contribution in [2.75, 3.05) is 31.1 Å². The summed E-state index contributed by atoms with van der Waals surface area (Å²) in [6.45, 7) is 10.8. The molecule has 4 nitrogen and oxygen atoms in total. The number of allylic oxidation sites excluding steroid dienone is 1. The second kappa shape index (κ2) is 8.59. The van der Waals surface area contributed by atoms with E-state index in [1.54, 1.807) is 6.07 Å². The zero-order valence-corrected chi connectivity index (χ0v) is 15.7. The van der Waals surface area contributed by atoms with Crippen molar-refractivity contribution in [3.63, 3.8) is 0 Å². The molecule has 0 radical (unpaired) electrons. The van der Waals surface area contributed by atoms with E-state index in [-0.39, 0.29) is 5.56 Å². The number of aromatic nitrogens is 1. The second-order valence-corrected chi connectivity index (χ2v) is 7.72. The van der Waals surface area contributed by atoms with Crippen molar-refractivity contribution in [1.29, 1.82) is 0 Å². The Morgan fingerprint density at radius 2 is 1.92 bits per heavy atom. The number of H-pyrrole nitrogens is 1. The third-order valence-corrected chi connectivity index (χ3v) is 6.20. The molecule has 25 heavy (non-hydrogen) atoms. The first-order chi connectivity index (χ1) is 12.2. The summed E-state index contributed by atoms with van der Waals surface area (Å²) in [4.78, 5) is 18.8. The van der Waals surface area contributed by atoms with Crippen molar-refractivity contribution >= 4 is 5.69 Å². The fraction of sp³-hybridized carbons (Fsp3) is 0.667. The first-order valence-electron chi connectivity index (χ1n) is 10.0. The van der Waals surface area contributed by atoms with Crippen molar-refractivity contribution in [2.45, 2.75) is 51.9 Å². The van der Waals surface area contributed by atoms with Crippen molar-refractivity contribution in [3.05, 3.63) is 41.0 Å². The molecule has 2 heterocycles. The molecule has 4 heteroatoms. The fourth-order valence-electron chi connectivity index (χ4n) is 4.56. The molecule has 3 rings (SSSR count). The summed E-state index contributed by atoms with van der Waals surface area (Å²) in [6.07, 6.45) is 11.4. The van der Waals surface area contributed by atoms with Gasteiger partial charge in [-0.25, -0.2) is 0 Å². The van der Waals surface area contributed by atoms with E-state index in [9.17, 15) is 4.79 Å². The van der Waals surface area contributed by atoms with Crippen LogP contribution < -0.4 is 10.5 Å². The number of anilines is 1. The van der Waals surface area contributed by atoms with Crippen LogP contribution in [-0.2, 0) is 0 Å². The van der Waals surface area contributed by atoms with Crippen LogP contribution >= 0.6 is 0 Å². The fourth-order valence-corrected chi connectivity index (χ4v) is 4.56. The van der Waals surface area contributed by atoms with Gasteiger partial charge in [-0.1, -0.05) is 52.0 Å². The zero-order valence-electron chi connectivity index (χ0n) is 15.7. The lowest BCUT2D eigenvalue weighted by Crippen LogP contribution is -2.46. The number of nitrogens with one attached hydrogen (secondary N) is 1. The van der Waals surface area contributed by atoms with Gasteiger partial charge in [0.1, 0.15) is 0 Å². The first kappa shape index (κ1) is 18.1. The summed E-state index contributed by atoms with van der Waals surface area (Å²) in [6, 6.07) is 3.52. The van der Waals surface area contributed by atoms with Crippen LogP contribution in [0.5, 0.6) is 0 Å². The quantitative estimate of drug-likeness (QED) is 0.848. The summed E-state index contributed by atoms with van der Waals surface area (Å²) >= 11 is 0. The van der Waals surface area contributed by atoms with E-state index in [4.69, 9.17) is 0 Å². The molecule has 1 N–H and O–H groups in total. The summed E-state index contributed by atoms with van der Waals surface area (Å²) in [5, 5.41) is 0. The molecule has 0 aromatic carbocycles. The van der Waals surface area contributed by atoms with Gasteiger partial charge in [-0.2, -0.15) is 0 Å². The summed E-state index contributed by atoms with van der Waals surface area (Å²) in [5.74, 6) is 1.72. The zero-order chi connectivity index (χ0) is 17.6. The van der Waals surface area contributed by atoms with Crippen LogP contribution in [0.2, 0.25) is 0 Å². The van der Waals surface area contributed by atoms with Crippen LogP contribution in [0.4, 0.5) is 5.69 Å². The molecule has 0 spiro atoms. The molecule has 2 fully saturated rings. The van der Waals surface area contributed by atoms with Gasteiger partial charge >= 0.3 is 0 Å². The van der Waals surface area contributed by atoms with Crippen LogP contribution in [0, 0.1) is 11.8 Å². The summed E-state index contributed by atoms with van der Waals surface area (Å²) < 4.78 is 0. The van der Waals surface area contributed by atoms with E-state index in [0.29, 0.717) is 0 Å². The SMILES string of the molecule is C=C(CC(CC)C1CCCCC1)N1CCN(c2ccc(=O)[nH]c2)CC1. The van der Waals surface area contributed by atoms with Crippen molar-refractivity contribution in [2.24, 2.45) is 11.8 Å². The standard InChI is InChI=1S/C21H33N3O/c1-3-18(19-7-5-4-6-8-19)15-17(2)23-11-13-24(14-12-23)20-9-10-21(25)22-16-20/h9-10,16,18-19H,2-8,11-15H2,1H3,(H,22,25). The lowest BCUT2D eigenvalue weighted by molar-refractivity contribution is 0.217. The second-order valence-electron chi connectivity index (χ2n) is 7.72. The maximum atomic E-state index is 11.2. The van der Waals surface area contributed by atoms with Crippen LogP contribution in [0.25, 0.3) is 0 Å². The van der Waals surface area contributed by atoms with Crippen molar-refractivity contribution < 1.29 is 0 Å². The van der Waals surface area contributed by atoms with Crippen molar-refractivity contribution in [3.8, 4) is 0 Å². The van der Waals surface area contributed by atoms with E-state index in [2.05, 4.69) is 28.3 Å². The highest BCUT2D eigenvalue weighted by atomic mass is 16.1. The van der Waals surface area contributed by atoms with Crippen LogP contribution in [-0.4, -0.2) is 36.1 Å². The molecule has 1 saturated carbocycles. The Labute approximate surface area is 151 Å². The summed E-state index contributed by atoms with van der Waals surface area (Å²) in [7, 11) is 0. The molecular formula is C21H33N3O. The van der Waals surface area contributed by atoms with E-state index in [0.717, 1.165) is 43.7 Å². The highest BCUT2D eigenvalue weighted by Gasteiger charge is 2.25. The normalized spacial score (nSPS) is 20.5. The van der Waals surface area contributed by atoms with Gasteiger partial charge < -0.3 is 14.8 Å². The van der Waals surface area contributed by atoms with Gasteiger partial charge in [0.25, 0.3) is 0 Å². The molecule has 1 aliphatic carbocycles. The number of aromatic amines is 1. The van der Waals surface area contributed by atoms with Crippen LogP contribution in [0.1, 0.15) is 51.9 Å². The molecule has 1 unspecified atom stereocenters. The number of pyridine rings is 1. The summed E-state index contributed by atoms with van der Waals surface area (Å²) in [5.41, 5.74) is 2.40. The predicted molar refractivity (Wildman–Crippen MR) is 105 cm³/mol. The van der Waals surface area contributed by atoms with Gasteiger partial charge in [0, 0.05) is 44.1 Å². The molecule has 1 aliphatic heterocycles. The average molecular weight is 344 g/mol. The maximum absolute atomic E-state index is 11.2. The Kier molecular flexibility index (Phi) is 6.22. The minimum Gasteiger partial charge on any atom is -0.372 e. The number of nitrogens with zero attached hydrogens (tertiary/aromatic N) is 2. The molecule has 1 aromatic rings. The molecule has 0 bridgehead atoms. The minimum atomic E-state index is -0.0379. The molecule has 1 atom stereocenters. The largest absolute Gasteiger partial charge is 0.372 e. The highest BCUT2D eigenvalue weighted by molar-refractivity contribution is 5.44. The Morgan fingerprint density at radius 1 is 1.20 bits per heavy atom. The van der Waals surface area contributed by atoms with Gasteiger partial charge in [-0.3, -0.25) is 4.79 Å². The molecular weight excluding hydrogens is 310 g/mol. The third kappa shape index (κ3) is 4.68. The Hall–Kier alpha value is -1.71. The monoisotopic (exact) mass is 343 g/mol. The first-order valence-corrected chi connectivity index (χ1v) is 10.0. The topological polar surface area (TPSA) is 39.3 Å². The van der Waals surface area contributed by atoms with E-state index in [1.807, 2.05) is 12.3 Å². The Bertz CT molecular complexity index is 589. The predicted octanol–water partition coefficient (Wildman–Crippen LogP) is 4.01. The van der Waals surface area contributed by atoms with Gasteiger partial charge in [-0.05, 0) is 24.3 Å². The van der Waals surface area contributed by atoms with Gasteiger partial charge in [0.05, 0.1) is 5.69 Å². The Morgan fingerprint density at radius 3 is 2.52 bits per heavy atom. The number of piperazine rings is 1. The van der Waals surface area contributed by atoms with E-state index in [1.165, 1.54) is 50.6 Å². The smallest absolute Gasteiger partial charge is 0.248 e.